The van der Waals surface area contributed by atoms with Gasteiger partial charge in [0.15, 0.2) is 0 Å². The Morgan fingerprint density at radius 2 is 0.719 bits per heavy atom. The van der Waals surface area contributed by atoms with Crippen molar-refractivity contribution in [1.82, 2.24) is 104 Å². The molecule has 0 unspecified atom stereocenters. The second kappa shape index (κ2) is 7310. The molecule has 0 atom stereocenters. The molecule has 0 aliphatic carbocycles. The van der Waals surface area contributed by atoms with Crippen LogP contribution in [0, 0.1) is 0 Å². The maximum absolute atomic E-state index is 6.38. The molecule has 0 amide bonds. The Morgan fingerprint density at radius 3 is 0.719 bits per heavy atom. The van der Waals surface area contributed by atoms with Gasteiger partial charge in [-0.05, 0) is 16.1 Å². The standard InChI is InChI=1S/C2H4N.CH5P.9CH4.K.17H3N.17H2/c1-3-2;1-2;;;;;;;;;;;;;;;;;;;;;;;;;;;;;;;;;;;;;;;;;;;;/h1H,2H3;2H2,1H3;9*1H4;;17*1H3;17*1H/q-1;;;;;;;;;;;+1;;;;;;;;;;;;;;;;;;;;;;;;;;;;;;;;;;/p+1/i1D;2TD;2*1D;;;;;;;;;;;;;;;;;;;;;;;;;;12*1+2T;;;;;/hD18. The Kier molecular flexibility index (Phi) is 5090. The van der Waals surface area contributed by atoms with Gasteiger partial charge in [0, 0.05) is 52.2 Å². The van der Waals surface area contributed by atoms with Crippen LogP contribution >= 0.6 is 9.08 Å². The summed E-state index contributed by atoms with van der Waals surface area (Å²) in [7, 11) is 1.37. The van der Waals surface area contributed by atoms with Gasteiger partial charge >= 0.3 is 51.4 Å². The fourth-order valence-corrected chi connectivity index (χ4v) is 0. The second-order valence-electron chi connectivity index (χ2n) is 0.224. The molecule has 32 heavy (non-hydrogen) atoms. The summed E-state index contributed by atoms with van der Waals surface area (Å²) in [5.74, 6) is 0. The van der Waals surface area contributed by atoms with Crippen LogP contribution in [0.15, 0.2) is 4.99 Å². The number of rotatable bonds is 0. The van der Waals surface area contributed by atoms with Gasteiger partial charge in [-0.1, -0.05) is 66.8 Å². The van der Waals surface area contributed by atoms with Gasteiger partial charge in [-0.3, -0.25) is 0 Å². The molecule has 20 heteroatoms. The van der Waals surface area contributed by atoms with Gasteiger partial charge in [0.05, 0.1) is 0 Å². The molecule has 18 nitrogen and oxygen atoms in total. The van der Waals surface area contributed by atoms with Crippen LogP contribution in [0.3, 0.4) is 0 Å². The van der Waals surface area contributed by atoms with Crippen LogP contribution in [0.1, 0.15) is 114 Å². The second-order valence-corrected chi connectivity index (χ2v) is 0.224. The monoisotopic (exact) mass is 670 g/mol. The van der Waals surface area contributed by atoms with Gasteiger partial charge in [0.1, 0.15) is 24.0 Å². The van der Waals surface area contributed by atoms with E-state index in [2.05, 4.69) is 109 Å². The first kappa shape index (κ1) is 22.3. The van der Waals surface area contributed by atoms with Gasteiger partial charge in [0.2, 0.25) is 0 Å². The Labute approximate surface area is 333 Å². The van der Waals surface area contributed by atoms with Gasteiger partial charge in [-0.15, -0.1) is 0 Å². The van der Waals surface area contributed by atoms with E-state index >= 15 is 0 Å². The number of hydrogen-bond donors (Lipinski definition) is 17. The number of nitrogens with zero attached hydrogens (tertiary/aromatic N) is 1. The summed E-state index contributed by atoms with van der Waals surface area (Å²) in [6, 6.07) is 0. The molecule has 0 bridgehead atoms. The SMILES string of the molecule is C.C.C.C.C.C.C.[2H]C.[2H]C.[2H]N.[2H]N.[2H]N.[2H]N.[2H]N.[2H]N.[2H]N.[2H]N.[2H]N.[2H]N.[2H]N.[2H]N.[2H]N.[2H]N.[2H]N.[2H]N.[2H]N.[2H][C-]=NC.[2H][P+]([2H])([3H])C.[3H][3H].[3H][3H].[3H][3H].[3H][3H].[3H][3H].[3H][3H].[3H][3H].[3H][3H].[3H][3H].[3H][3H].[3H][3H].[3H][3H].[HH].[HH].[HH].[HH].[HH].[K+]. The molecule has 0 saturated heterocycles. The zero-order valence-electron chi connectivity index (χ0n) is 63.2. The van der Waals surface area contributed by atoms with E-state index in [-0.39, 0.29) is 111 Å². The summed E-state index contributed by atoms with van der Waals surface area (Å²) in [6.07, 6.45) is 63.8. The summed E-state index contributed by atoms with van der Waals surface area (Å²) >= 11 is 0. The molecule has 0 aliphatic rings. The van der Waals surface area contributed by atoms with Crippen molar-refractivity contribution in [3.8, 4) is 0 Å². The van der Waals surface area contributed by atoms with Crippen LogP contribution in [-0.4, -0.2) is 24.2 Å². The quantitative estimate of drug-likeness (QED) is 0.0492. The molecule has 0 fully saturated rings. The third-order valence-corrected chi connectivity index (χ3v) is 0. The van der Waals surface area contributed by atoms with Crippen molar-refractivity contribution in [3.63, 3.8) is 0 Å². The van der Waals surface area contributed by atoms with E-state index < -0.39 is 9.08 Å². The summed E-state index contributed by atoms with van der Waals surface area (Å²) in [4.78, 5) is 3.15. The third kappa shape index (κ3) is 25100. The zero-order chi connectivity index (χ0) is 69.9. The van der Waals surface area contributed by atoms with Crippen LogP contribution in [0.2, 0.25) is 24.0 Å². The van der Waals surface area contributed by atoms with Crippen LogP contribution in [0.5, 0.6) is 0 Å². The molecule has 0 aromatic carbocycles. The predicted octanol–water partition coefficient (Wildman–Crippen LogP) is 10.1. The molecule has 0 aliphatic heterocycles. The van der Waals surface area contributed by atoms with Gasteiger partial charge in [-0.2, -0.15) is 1.37 Å². The molecule has 0 radical (unpaired) electrons. The van der Waals surface area contributed by atoms with Crippen LogP contribution in [0.25, 0.3) is 0 Å². The molecule has 274 valence electrons. The van der Waals surface area contributed by atoms with Gasteiger partial charge < -0.3 is 116 Å². The molecular formula is C12H131KN18P+. The van der Waals surface area contributed by atoms with Gasteiger partial charge in [-0.25, -0.2) is 0 Å². The Hall–Kier alpha value is 1.06. The van der Waals surface area contributed by atoms with E-state index in [0.29, 0.717) is 0 Å². The maximum atomic E-state index is 6.38. The molecule has 0 aromatic rings. The first-order valence-corrected chi connectivity index (χ1v) is 2.01. The van der Waals surface area contributed by atoms with Crippen molar-refractivity contribution < 1.29 is 122 Å². The van der Waals surface area contributed by atoms with Crippen molar-refractivity contribution in [2.45, 2.75) is 66.8 Å². The predicted molar refractivity (Wildman–Crippen MR) is 213 cm³/mol. The van der Waals surface area contributed by atoms with Gasteiger partial charge in [0.25, 0.3) is 3.84 Å². The normalized spacial score (nSPS) is 10.3. The maximum Gasteiger partial charge on any atom is 1.00 e. The Bertz CT molecular complexity index is 175. The smallest absolute Gasteiger partial charge is 0.509 e. The zero-order valence-corrected chi connectivity index (χ0v) is 20.2. The molecule has 51 N–H and O–H groups in total. The van der Waals surface area contributed by atoms with Crippen LogP contribution in [0.4, 0.5) is 0 Å². The van der Waals surface area contributed by atoms with Crippen LogP contribution < -0.4 is 156 Å². The van der Waals surface area contributed by atoms with Crippen molar-refractivity contribution in [2.75, 3.05) is 13.7 Å². The molecule has 0 rings (SSSR count). The minimum absolute atomic E-state index is 0. The van der Waals surface area contributed by atoms with Crippen molar-refractivity contribution >= 4 is 15.8 Å². The molecule has 0 saturated carbocycles. The summed E-state index contributed by atoms with van der Waals surface area (Å²) in [5, 5.41) is 0. The van der Waals surface area contributed by atoms with E-state index in [1.165, 1.54) is 28.5 Å². The minimum Gasteiger partial charge on any atom is -0.509 e. The van der Waals surface area contributed by atoms with E-state index in [9.17, 15) is 0 Å². The average molecular weight is 671 g/mol. The first-order valence-electron chi connectivity index (χ1n) is 26.8. The summed E-state index contributed by atoms with van der Waals surface area (Å²) in [5.41, 5.74) is 0. The fourth-order valence-electron chi connectivity index (χ4n) is 0. The van der Waals surface area contributed by atoms with Crippen molar-refractivity contribution in [2.24, 2.45) is 4.99 Å². The van der Waals surface area contributed by atoms with E-state index in [4.69, 9.17) is 67.6 Å². The third-order valence-electron chi connectivity index (χ3n) is 0. The largest absolute Gasteiger partial charge is 1.00 e. The molecular weight excluding hydrogens is 466 g/mol. The van der Waals surface area contributed by atoms with Crippen molar-refractivity contribution in [1.29, 1.82) is 3.84 Å². The van der Waals surface area contributed by atoms with Crippen LogP contribution in [-0.2, 0) is 0 Å². The molecule has 0 heterocycles. The molecule has 0 spiro atoms. The topological polar surface area (TPSA) is 607 Å². The first-order chi connectivity index (χ1) is 34.9. The minimum atomic E-state index is -2.64. The Balaban J connectivity index is -0.00000000403. The fraction of sp³-hybridized carbons (Fsp3) is 0.917. The summed E-state index contributed by atoms with van der Waals surface area (Å²) in [6.45, 7) is 3.10. The average Bonchev–Trinajstić information content (AvgIpc) is 3.57. The van der Waals surface area contributed by atoms with Crippen molar-refractivity contribution in [3.05, 3.63) is 0 Å². The summed E-state index contributed by atoms with van der Waals surface area (Å²) < 4.78 is 246. The number of hydrogen-bond acceptors (Lipinski definition) is 18. The Morgan fingerprint density at radius 1 is 0.688 bits per heavy atom. The molecule has 0 aromatic heterocycles. The van der Waals surface area contributed by atoms with E-state index in [1.54, 1.807) is 6.69 Å². The van der Waals surface area contributed by atoms with E-state index in [1.807, 2.05) is 0 Å². The van der Waals surface area contributed by atoms with E-state index in [0.717, 1.165) is 0 Å². The number of aliphatic imine (C=N–C) groups is 1.